The highest BCUT2D eigenvalue weighted by Crippen LogP contribution is 2.42. The van der Waals surface area contributed by atoms with Gasteiger partial charge in [0.2, 0.25) is 0 Å². The van der Waals surface area contributed by atoms with E-state index in [0.717, 1.165) is 18.4 Å². The van der Waals surface area contributed by atoms with Gasteiger partial charge in [0.15, 0.2) is 0 Å². The van der Waals surface area contributed by atoms with Crippen LogP contribution < -0.4 is 0 Å². The van der Waals surface area contributed by atoms with Crippen molar-refractivity contribution < 1.29 is 5.11 Å². The lowest BCUT2D eigenvalue weighted by atomic mass is 9.75. The minimum absolute atomic E-state index is 0.153. The second-order valence-electron chi connectivity index (χ2n) is 6.87. The molecule has 1 heterocycles. The highest BCUT2D eigenvalue weighted by molar-refractivity contribution is 5.48. The molecule has 1 N–H and O–H groups in total. The van der Waals surface area contributed by atoms with Gasteiger partial charge in [0.1, 0.15) is 0 Å². The average molecular weight is 269 g/mol. The van der Waals surface area contributed by atoms with E-state index >= 15 is 0 Å². The molecule has 1 aromatic heterocycles. The third-order valence-electron chi connectivity index (χ3n) is 4.61. The van der Waals surface area contributed by atoms with Crippen molar-refractivity contribution in [1.29, 1.82) is 0 Å². The zero-order chi connectivity index (χ0) is 14.5. The predicted octanol–water partition coefficient (Wildman–Crippen LogP) is 4.10. The number of aliphatic hydroxyl groups is 1. The number of fused-ring (bicyclic) bond motifs is 1. The lowest BCUT2D eigenvalue weighted by Gasteiger charge is -2.34. The second kappa shape index (κ2) is 4.49. The SMILES string of the molecule is Cc1cccc(-n2ccc3c2CC(C)(C)CC3O)c1C. The first kappa shape index (κ1) is 13.4. The number of aliphatic hydroxyl groups excluding tert-OH is 1. The average Bonchev–Trinajstić information content (AvgIpc) is 2.75. The van der Waals surface area contributed by atoms with Crippen molar-refractivity contribution in [3.8, 4) is 5.69 Å². The Morgan fingerprint density at radius 2 is 1.95 bits per heavy atom. The fourth-order valence-corrected chi connectivity index (χ4v) is 3.35. The molecule has 2 aromatic rings. The molecule has 0 amide bonds. The van der Waals surface area contributed by atoms with Gasteiger partial charge in [-0.15, -0.1) is 0 Å². The first-order valence-corrected chi connectivity index (χ1v) is 7.34. The van der Waals surface area contributed by atoms with Crippen LogP contribution in [0.15, 0.2) is 30.5 Å². The van der Waals surface area contributed by atoms with Crippen LogP contribution in [-0.2, 0) is 6.42 Å². The van der Waals surface area contributed by atoms with Gasteiger partial charge in [-0.3, -0.25) is 0 Å². The van der Waals surface area contributed by atoms with Crippen LogP contribution in [0, 0.1) is 19.3 Å². The summed E-state index contributed by atoms with van der Waals surface area (Å²) < 4.78 is 2.27. The van der Waals surface area contributed by atoms with Gasteiger partial charge in [0.05, 0.1) is 6.10 Å². The van der Waals surface area contributed by atoms with Gasteiger partial charge in [0.25, 0.3) is 0 Å². The van der Waals surface area contributed by atoms with Gasteiger partial charge >= 0.3 is 0 Å². The van der Waals surface area contributed by atoms with E-state index in [1.807, 2.05) is 0 Å². The molecule has 0 saturated heterocycles. The topological polar surface area (TPSA) is 25.2 Å². The van der Waals surface area contributed by atoms with Crippen LogP contribution in [0.2, 0.25) is 0 Å². The number of benzene rings is 1. The minimum Gasteiger partial charge on any atom is -0.388 e. The van der Waals surface area contributed by atoms with E-state index < -0.39 is 0 Å². The van der Waals surface area contributed by atoms with E-state index in [9.17, 15) is 5.11 Å². The lowest BCUT2D eigenvalue weighted by molar-refractivity contribution is 0.0987. The molecule has 106 valence electrons. The summed E-state index contributed by atoms with van der Waals surface area (Å²) in [5.74, 6) is 0. The molecular formula is C18H23NO. The Bertz CT molecular complexity index is 651. The highest BCUT2D eigenvalue weighted by Gasteiger charge is 2.33. The molecule has 2 nitrogen and oxygen atoms in total. The van der Waals surface area contributed by atoms with Crippen molar-refractivity contribution in [2.75, 3.05) is 0 Å². The van der Waals surface area contributed by atoms with Gasteiger partial charge in [-0.2, -0.15) is 0 Å². The van der Waals surface area contributed by atoms with Gasteiger partial charge < -0.3 is 9.67 Å². The number of nitrogens with zero attached hydrogens (tertiary/aromatic N) is 1. The molecule has 1 aromatic carbocycles. The van der Waals surface area contributed by atoms with Crippen LogP contribution in [0.1, 0.15) is 48.8 Å². The third kappa shape index (κ3) is 2.08. The molecule has 0 saturated carbocycles. The van der Waals surface area contributed by atoms with Crippen molar-refractivity contribution in [2.24, 2.45) is 5.41 Å². The minimum atomic E-state index is -0.333. The summed E-state index contributed by atoms with van der Waals surface area (Å²) in [7, 11) is 0. The second-order valence-corrected chi connectivity index (χ2v) is 6.87. The quantitative estimate of drug-likeness (QED) is 0.828. The van der Waals surface area contributed by atoms with E-state index in [2.05, 4.69) is 62.7 Å². The van der Waals surface area contributed by atoms with E-state index in [1.54, 1.807) is 0 Å². The van der Waals surface area contributed by atoms with Gasteiger partial charge in [-0.05, 0) is 55.4 Å². The Hall–Kier alpha value is -1.54. The molecule has 0 spiro atoms. The Kier molecular flexibility index (Phi) is 3.02. The maximum atomic E-state index is 10.4. The van der Waals surface area contributed by atoms with Crippen molar-refractivity contribution in [3.63, 3.8) is 0 Å². The molecule has 1 atom stereocenters. The monoisotopic (exact) mass is 269 g/mol. The van der Waals surface area contributed by atoms with E-state index in [1.165, 1.54) is 22.5 Å². The molecule has 0 fully saturated rings. The number of aryl methyl sites for hydroxylation is 1. The van der Waals surface area contributed by atoms with E-state index in [0.29, 0.717) is 0 Å². The Morgan fingerprint density at radius 3 is 2.70 bits per heavy atom. The normalized spacial score (nSPS) is 20.8. The predicted molar refractivity (Wildman–Crippen MR) is 82.3 cm³/mol. The largest absolute Gasteiger partial charge is 0.388 e. The maximum Gasteiger partial charge on any atom is 0.0812 e. The summed E-state index contributed by atoms with van der Waals surface area (Å²) in [6.45, 7) is 8.79. The van der Waals surface area contributed by atoms with Gasteiger partial charge in [-0.1, -0.05) is 26.0 Å². The van der Waals surface area contributed by atoms with Gasteiger partial charge in [-0.25, -0.2) is 0 Å². The number of hydrogen-bond acceptors (Lipinski definition) is 1. The maximum absolute atomic E-state index is 10.4. The number of rotatable bonds is 1. The summed E-state index contributed by atoms with van der Waals surface area (Å²) in [5, 5.41) is 10.4. The molecule has 1 unspecified atom stereocenters. The van der Waals surface area contributed by atoms with Crippen molar-refractivity contribution in [3.05, 3.63) is 52.8 Å². The fraction of sp³-hybridized carbons (Fsp3) is 0.444. The van der Waals surface area contributed by atoms with Crippen molar-refractivity contribution >= 4 is 0 Å². The van der Waals surface area contributed by atoms with Crippen molar-refractivity contribution in [2.45, 2.75) is 46.6 Å². The van der Waals surface area contributed by atoms with Crippen LogP contribution in [0.4, 0.5) is 0 Å². The van der Waals surface area contributed by atoms with Crippen LogP contribution in [0.3, 0.4) is 0 Å². The first-order chi connectivity index (χ1) is 9.39. The van der Waals surface area contributed by atoms with Crippen LogP contribution in [0.25, 0.3) is 5.69 Å². The lowest BCUT2D eigenvalue weighted by Crippen LogP contribution is -2.26. The number of hydrogen-bond donors (Lipinski definition) is 1. The van der Waals surface area contributed by atoms with Crippen molar-refractivity contribution in [1.82, 2.24) is 4.57 Å². The van der Waals surface area contributed by atoms with Gasteiger partial charge in [0, 0.05) is 23.1 Å². The zero-order valence-electron chi connectivity index (χ0n) is 12.8. The molecule has 0 aliphatic heterocycles. The highest BCUT2D eigenvalue weighted by atomic mass is 16.3. The summed E-state index contributed by atoms with van der Waals surface area (Å²) >= 11 is 0. The Labute approximate surface area is 121 Å². The Balaban J connectivity index is 2.16. The smallest absolute Gasteiger partial charge is 0.0812 e. The third-order valence-corrected chi connectivity index (χ3v) is 4.61. The van der Waals surface area contributed by atoms with Crippen LogP contribution >= 0.6 is 0 Å². The molecule has 1 aliphatic carbocycles. The molecule has 0 radical (unpaired) electrons. The summed E-state index contributed by atoms with van der Waals surface area (Å²) in [5.41, 5.74) is 6.37. The molecule has 1 aliphatic rings. The molecular weight excluding hydrogens is 246 g/mol. The summed E-state index contributed by atoms with van der Waals surface area (Å²) in [4.78, 5) is 0. The molecule has 20 heavy (non-hydrogen) atoms. The zero-order valence-corrected chi connectivity index (χ0v) is 12.8. The summed E-state index contributed by atoms with van der Waals surface area (Å²) in [6, 6.07) is 8.50. The molecule has 2 heteroatoms. The Morgan fingerprint density at radius 1 is 1.20 bits per heavy atom. The summed E-state index contributed by atoms with van der Waals surface area (Å²) in [6.07, 6.45) is 3.63. The molecule has 3 rings (SSSR count). The van der Waals surface area contributed by atoms with E-state index in [4.69, 9.17) is 0 Å². The first-order valence-electron chi connectivity index (χ1n) is 7.34. The van der Waals surface area contributed by atoms with Crippen LogP contribution in [-0.4, -0.2) is 9.67 Å². The van der Waals surface area contributed by atoms with Crippen LogP contribution in [0.5, 0.6) is 0 Å². The number of aromatic nitrogens is 1. The van der Waals surface area contributed by atoms with E-state index in [-0.39, 0.29) is 11.5 Å². The standard InChI is InChI=1S/C18H23NO/c1-12-6-5-7-15(13(12)2)19-9-8-14-16(19)10-18(3,4)11-17(14)20/h5-9,17,20H,10-11H2,1-4H3. The fourth-order valence-electron chi connectivity index (χ4n) is 3.35. The molecule has 0 bridgehead atoms.